The number of allylic oxidation sites excluding steroid dienone is 1. The largest absolute Gasteiger partial charge is 0.507 e. The maximum absolute atomic E-state index is 12.6. The fourth-order valence-electron chi connectivity index (χ4n) is 2.74. The van der Waals surface area contributed by atoms with Gasteiger partial charge in [-0.05, 0) is 19.8 Å². The van der Waals surface area contributed by atoms with E-state index >= 15 is 0 Å². The van der Waals surface area contributed by atoms with Crippen molar-refractivity contribution in [1.82, 2.24) is 20.2 Å². The summed E-state index contributed by atoms with van der Waals surface area (Å²) in [6, 6.07) is 0. The first-order valence-electron chi connectivity index (χ1n) is 7.95. The highest BCUT2D eigenvalue weighted by Crippen LogP contribution is 2.31. The lowest BCUT2D eigenvalue weighted by Crippen LogP contribution is -2.58. The zero-order valence-electron chi connectivity index (χ0n) is 14.0. The van der Waals surface area contributed by atoms with Crippen molar-refractivity contribution >= 4 is 23.1 Å². The van der Waals surface area contributed by atoms with Crippen molar-refractivity contribution in [3.8, 4) is 0 Å². The van der Waals surface area contributed by atoms with Gasteiger partial charge in [0.15, 0.2) is 11.5 Å². The van der Waals surface area contributed by atoms with E-state index in [1.54, 1.807) is 23.2 Å². The molecule has 0 saturated carbocycles. The molecule has 1 fully saturated rings. The fourth-order valence-corrected chi connectivity index (χ4v) is 2.90. The summed E-state index contributed by atoms with van der Waals surface area (Å²) in [5.74, 6) is -0.679. The van der Waals surface area contributed by atoms with Crippen molar-refractivity contribution in [2.45, 2.75) is 25.9 Å². The van der Waals surface area contributed by atoms with Crippen molar-refractivity contribution in [3.05, 3.63) is 35.9 Å². The van der Waals surface area contributed by atoms with E-state index in [1.165, 1.54) is 0 Å². The Balaban J connectivity index is 2.40. The van der Waals surface area contributed by atoms with Crippen LogP contribution in [0.2, 0.25) is 0 Å². The first-order chi connectivity index (χ1) is 11.5. The van der Waals surface area contributed by atoms with Gasteiger partial charge >= 0.3 is 0 Å². The summed E-state index contributed by atoms with van der Waals surface area (Å²) in [6.07, 6.45) is 3.87. The quantitative estimate of drug-likeness (QED) is 0.372. The second-order valence-electron chi connectivity index (χ2n) is 5.61. The molecule has 0 bridgehead atoms. The summed E-state index contributed by atoms with van der Waals surface area (Å²) in [5.41, 5.74) is 0.442. The number of likely N-dealkylation sites (N-methyl/N-ethyl adjacent to an activating group) is 2. The Morgan fingerprint density at radius 1 is 1.58 bits per heavy atom. The third-order valence-corrected chi connectivity index (χ3v) is 4.55. The number of hydrazine groups is 1. The number of hydrogen-bond donors (Lipinski definition) is 3. The van der Waals surface area contributed by atoms with Gasteiger partial charge in [0.05, 0.1) is 6.67 Å². The molecule has 7 nitrogen and oxygen atoms in total. The molecule has 2 aliphatic heterocycles. The summed E-state index contributed by atoms with van der Waals surface area (Å²) < 4.78 is 0. The Labute approximate surface area is 147 Å². The number of thiocarbonyl (C=S) groups is 1. The van der Waals surface area contributed by atoms with Gasteiger partial charge in [-0.25, -0.2) is 0 Å². The van der Waals surface area contributed by atoms with Crippen molar-refractivity contribution < 1.29 is 15.0 Å². The van der Waals surface area contributed by atoms with Crippen LogP contribution < -0.4 is 5.32 Å². The number of rotatable bonds is 6. The highest BCUT2D eigenvalue weighted by Gasteiger charge is 2.41. The van der Waals surface area contributed by atoms with E-state index in [2.05, 4.69) is 11.9 Å². The molecule has 2 rings (SSSR count). The van der Waals surface area contributed by atoms with Gasteiger partial charge in [-0.2, -0.15) is 5.01 Å². The van der Waals surface area contributed by atoms with E-state index < -0.39 is 6.10 Å². The molecule has 1 amide bonds. The van der Waals surface area contributed by atoms with Gasteiger partial charge in [0, 0.05) is 31.9 Å². The minimum atomic E-state index is -1.31. The van der Waals surface area contributed by atoms with Crippen LogP contribution in [0.3, 0.4) is 0 Å². The second-order valence-corrected chi connectivity index (χ2v) is 6.02. The molecule has 1 saturated heterocycles. The fraction of sp³-hybridized carbons (Fsp3) is 0.500. The Hall–Kier alpha value is -1.90. The van der Waals surface area contributed by atoms with Crippen LogP contribution in [0, 0.1) is 0 Å². The predicted octanol–water partition coefficient (Wildman–Crippen LogP) is 0.866. The molecule has 0 radical (unpaired) electrons. The predicted molar refractivity (Wildman–Crippen MR) is 95.6 cm³/mol. The highest BCUT2D eigenvalue weighted by atomic mass is 32.1. The number of aliphatic hydroxyl groups excluding tert-OH is 2. The molecular weight excluding hydrogens is 328 g/mol. The molecule has 0 aromatic carbocycles. The summed E-state index contributed by atoms with van der Waals surface area (Å²) in [5, 5.41) is 27.1. The third kappa shape index (κ3) is 3.31. The van der Waals surface area contributed by atoms with Gasteiger partial charge in [-0.1, -0.05) is 18.3 Å². The highest BCUT2D eigenvalue weighted by molar-refractivity contribution is 7.80. The number of carbonyl (C=O) groups excluding carboxylic acids is 1. The first-order valence-corrected chi connectivity index (χ1v) is 8.36. The molecule has 1 atom stereocenters. The number of nitrogens with zero attached hydrogens (tertiary/aromatic N) is 3. The van der Waals surface area contributed by atoms with Gasteiger partial charge in [0.2, 0.25) is 0 Å². The van der Waals surface area contributed by atoms with Gasteiger partial charge in [-0.3, -0.25) is 9.80 Å². The lowest BCUT2D eigenvalue weighted by atomic mass is 10.0. The molecule has 2 aliphatic rings. The number of nitrogens with one attached hydrogen (secondary N) is 1. The monoisotopic (exact) mass is 352 g/mol. The van der Waals surface area contributed by atoms with Crippen molar-refractivity contribution in [2.24, 2.45) is 0 Å². The summed E-state index contributed by atoms with van der Waals surface area (Å²) >= 11 is 5.19. The topological polar surface area (TPSA) is 79.3 Å². The van der Waals surface area contributed by atoms with Crippen LogP contribution in [-0.4, -0.2) is 68.9 Å². The minimum Gasteiger partial charge on any atom is -0.507 e. The summed E-state index contributed by atoms with van der Waals surface area (Å²) in [6.45, 7) is 7.21. The van der Waals surface area contributed by atoms with Crippen LogP contribution in [-0.2, 0) is 4.79 Å². The maximum Gasteiger partial charge on any atom is 0.276 e. The first kappa shape index (κ1) is 18.4. The minimum absolute atomic E-state index is 0.0804. The van der Waals surface area contributed by atoms with E-state index in [-0.39, 0.29) is 17.4 Å². The van der Waals surface area contributed by atoms with Gasteiger partial charge < -0.3 is 20.4 Å². The second kappa shape index (κ2) is 7.78. The van der Waals surface area contributed by atoms with Crippen molar-refractivity contribution in [3.63, 3.8) is 0 Å². The van der Waals surface area contributed by atoms with Crippen LogP contribution in [0.15, 0.2) is 35.9 Å². The molecule has 0 aliphatic carbocycles. The molecular formula is C16H24N4O3S. The Morgan fingerprint density at radius 3 is 2.88 bits per heavy atom. The standard InChI is InChI=1S/C16H24N4O3S/c1-4-6-7-8-19-10-18(5-2)16(23)12-14(22)13(21)11(9-20(12)19)15(24)17-3/h4,9,13,21-22H,1,5-8,10H2,2-3H3,(H,17,24). The number of amides is 1. The average Bonchev–Trinajstić information content (AvgIpc) is 2.58. The molecule has 24 heavy (non-hydrogen) atoms. The van der Waals surface area contributed by atoms with E-state index in [1.807, 2.05) is 18.0 Å². The van der Waals surface area contributed by atoms with Gasteiger partial charge in [-0.15, -0.1) is 6.58 Å². The maximum atomic E-state index is 12.6. The Kier molecular flexibility index (Phi) is 5.98. The van der Waals surface area contributed by atoms with Crippen molar-refractivity contribution in [1.29, 1.82) is 0 Å². The van der Waals surface area contributed by atoms with E-state index in [0.717, 1.165) is 12.8 Å². The normalized spacial score (nSPS) is 21.5. The average molecular weight is 352 g/mol. The SMILES string of the molecule is C=CCCCN1CN(CC)C(=O)C2=C(O)C(O)C(C(=S)NC)=CN21. The molecule has 0 aromatic heterocycles. The number of unbranched alkanes of at least 4 members (excludes halogenated alkanes) is 1. The number of fused-ring (bicyclic) bond motifs is 1. The molecule has 1 unspecified atom stereocenters. The van der Waals surface area contributed by atoms with Crippen molar-refractivity contribution in [2.75, 3.05) is 26.8 Å². The Morgan fingerprint density at radius 2 is 2.29 bits per heavy atom. The third-order valence-electron chi connectivity index (χ3n) is 4.11. The van der Waals surface area contributed by atoms with E-state index in [9.17, 15) is 15.0 Å². The van der Waals surface area contributed by atoms with Gasteiger partial charge in [0.1, 0.15) is 11.1 Å². The zero-order chi connectivity index (χ0) is 17.9. The van der Waals surface area contributed by atoms with Crippen LogP contribution in [0.1, 0.15) is 19.8 Å². The molecule has 3 N–H and O–H groups in total. The molecule has 0 aromatic rings. The Bertz CT molecular complexity index is 602. The summed E-state index contributed by atoms with van der Waals surface area (Å²) in [4.78, 5) is 14.5. The van der Waals surface area contributed by atoms with E-state index in [4.69, 9.17) is 12.2 Å². The summed E-state index contributed by atoms with van der Waals surface area (Å²) in [7, 11) is 1.65. The zero-order valence-corrected chi connectivity index (χ0v) is 14.8. The molecule has 2 heterocycles. The van der Waals surface area contributed by atoms with Crippen LogP contribution in [0.25, 0.3) is 0 Å². The smallest absolute Gasteiger partial charge is 0.276 e. The van der Waals surface area contributed by atoms with Crippen LogP contribution >= 0.6 is 12.2 Å². The van der Waals surface area contributed by atoms with E-state index in [0.29, 0.717) is 30.3 Å². The molecule has 132 valence electrons. The van der Waals surface area contributed by atoms with Gasteiger partial charge in [0.25, 0.3) is 5.91 Å². The molecule has 0 spiro atoms. The van der Waals surface area contributed by atoms with Crippen LogP contribution in [0.5, 0.6) is 0 Å². The van der Waals surface area contributed by atoms with Crippen LogP contribution in [0.4, 0.5) is 0 Å². The lowest BCUT2D eigenvalue weighted by molar-refractivity contribution is -0.146. The number of carbonyl (C=O) groups is 1. The number of aliphatic hydroxyl groups is 2. The molecule has 8 heteroatoms. The lowest BCUT2D eigenvalue weighted by Gasteiger charge is -2.46. The number of hydrogen-bond acceptors (Lipinski definition) is 6.